The first-order chi connectivity index (χ1) is 7.46. The van der Waals surface area contributed by atoms with Gasteiger partial charge in [-0.15, -0.1) is 0 Å². The van der Waals surface area contributed by atoms with Gasteiger partial charge in [-0.3, -0.25) is 0 Å². The molecule has 2 rings (SSSR count). The smallest absolute Gasteiger partial charge is 0.347 e. The topological polar surface area (TPSA) is 4.93 Å². The van der Waals surface area contributed by atoms with Crippen LogP contribution in [0.5, 0.6) is 0 Å². The van der Waals surface area contributed by atoms with Gasteiger partial charge < -0.3 is 4.57 Å². The van der Waals surface area contributed by atoms with Crippen LogP contribution in [0.25, 0.3) is 10.9 Å². The van der Waals surface area contributed by atoms with E-state index in [0.717, 1.165) is 5.39 Å². The Balaban J connectivity index is 2.28. The van der Waals surface area contributed by atoms with Gasteiger partial charge in [0.1, 0.15) is 5.82 Å². The summed E-state index contributed by atoms with van der Waals surface area (Å²) in [6.07, 6.45) is -3.56. The minimum absolute atomic E-state index is 0.184. The Kier molecular flexibility index (Phi) is 2.61. The summed E-state index contributed by atoms with van der Waals surface area (Å²) < 4.78 is 50.5. The van der Waals surface area contributed by atoms with Crippen LogP contribution in [0.1, 0.15) is 6.42 Å². The molecular weight excluding hydrogens is 222 g/mol. The van der Waals surface area contributed by atoms with E-state index >= 15 is 0 Å². The molecule has 0 radical (unpaired) electrons. The van der Waals surface area contributed by atoms with Crippen molar-refractivity contribution in [2.75, 3.05) is 0 Å². The van der Waals surface area contributed by atoms with Gasteiger partial charge in [-0.25, -0.2) is 4.39 Å². The second kappa shape index (κ2) is 3.81. The number of benzene rings is 1. The van der Waals surface area contributed by atoms with E-state index in [9.17, 15) is 17.6 Å². The molecule has 0 aliphatic heterocycles. The molecule has 0 saturated heterocycles. The number of hydrogen-bond donors (Lipinski definition) is 0. The highest BCUT2D eigenvalue weighted by Gasteiger charge is 2.26. The first-order valence-corrected chi connectivity index (χ1v) is 4.77. The van der Waals surface area contributed by atoms with Crippen LogP contribution in [0.15, 0.2) is 30.5 Å². The second-order valence-corrected chi connectivity index (χ2v) is 3.58. The molecule has 1 aromatic carbocycles. The van der Waals surface area contributed by atoms with Crippen LogP contribution in [0.4, 0.5) is 17.6 Å². The molecule has 0 saturated carbocycles. The summed E-state index contributed by atoms with van der Waals surface area (Å²) in [6, 6.07) is 5.75. The Labute approximate surface area is 89.3 Å². The average molecular weight is 231 g/mol. The molecule has 0 unspecified atom stereocenters. The van der Waals surface area contributed by atoms with Crippen LogP contribution >= 0.6 is 0 Å². The van der Waals surface area contributed by atoms with E-state index in [1.165, 1.54) is 22.9 Å². The van der Waals surface area contributed by atoms with Crippen LogP contribution in [0, 0.1) is 5.82 Å². The Morgan fingerprint density at radius 3 is 2.56 bits per heavy atom. The molecule has 5 heteroatoms. The maximum absolute atomic E-state index is 12.9. The minimum Gasteiger partial charge on any atom is -0.347 e. The second-order valence-electron chi connectivity index (χ2n) is 3.58. The third kappa shape index (κ3) is 2.35. The Bertz CT molecular complexity index is 498. The Morgan fingerprint density at radius 2 is 1.88 bits per heavy atom. The quantitative estimate of drug-likeness (QED) is 0.694. The SMILES string of the molecule is Fc1ccc2ccn(CCC(F)(F)F)c2c1. The number of halogens is 4. The van der Waals surface area contributed by atoms with E-state index in [1.54, 1.807) is 12.1 Å². The van der Waals surface area contributed by atoms with Gasteiger partial charge in [0, 0.05) is 12.7 Å². The molecule has 1 aromatic heterocycles. The Hall–Kier alpha value is -1.52. The molecule has 0 aliphatic rings. The van der Waals surface area contributed by atoms with Gasteiger partial charge in [0.25, 0.3) is 0 Å². The lowest BCUT2D eigenvalue weighted by molar-refractivity contribution is -0.136. The third-order valence-electron chi connectivity index (χ3n) is 2.37. The minimum atomic E-state index is -4.19. The highest BCUT2D eigenvalue weighted by molar-refractivity contribution is 5.80. The average Bonchev–Trinajstić information content (AvgIpc) is 2.56. The number of fused-ring (bicyclic) bond motifs is 1. The largest absolute Gasteiger partial charge is 0.390 e. The van der Waals surface area contributed by atoms with Gasteiger partial charge in [0.2, 0.25) is 0 Å². The molecule has 0 atom stereocenters. The molecule has 0 amide bonds. The van der Waals surface area contributed by atoms with Crippen LogP contribution in [-0.4, -0.2) is 10.7 Å². The van der Waals surface area contributed by atoms with Crippen LogP contribution in [-0.2, 0) is 6.54 Å². The van der Waals surface area contributed by atoms with Crippen molar-refractivity contribution in [3.63, 3.8) is 0 Å². The maximum Gasteiger partial charge on any atom is 0.390 e. The van der Waals surface area contributed by atoms with Crippen molar-refractivity contribution in [3.8, 4) is 0 Å². The zero-order valence-electron chi connectivity index (χ0n) is 8.26. The number of alkyl halides is 3. The number of hydrogen-bond acceptors (Lipinski definition) is 0. The van der Waals surface area contributed by atoms with Gasteiger partial charge in [-0.2, -0.15) is 13.2 Å². The number of nitrogens with zero attached hydrogens (tertiary/aromatic N) is 1. The standard InChI is InChI=1S/C11H9F4N/c12-9-2-1-8-3-5-16(10(8)7-9)6-4-11(13,14)15/h1-3,5,7H,4,6H2. The van der Waals surface area contributed by atoms with Gasteiger partial charge in [0.15, 0.2) is 0 Å². The maximum atomic E-state index is 12.9. The summed E-state index contributed by atoms with van der Waals surface area (Å²) in [5.41, 5.74) is 0.490. The lowest BCUT2D eigenvalue weighted by atomic mass is 10.2. The molecule has 1 nitrogen and oxygen atoms in total. The first-order valence-electron chi connectivity index (χ1n) is 4.77. The number of aromatic nitrogens is 1. The fraction of sp³-hybridized carbons (Fsp3) is 0.273. The summed E-state index contributed by atoms with van der Waals surface area (Å²) in [6.45, 7) is -0.184. The summed E-state index contributed by atoms with van der Waals surface area (Å²) in [5, 5.41) is 0.739. The zero-order valence-corrected chi connectivity index (χ0v) is 8.26. The molecule has 0 spiro atoms. The zero-order chi connectivity index (χ0) is 11.8. The van der Waals surface area contributed by atoms with Gasteiger partial charge in [0.05, 0.1) is 11.9 Å². The van der Waals surface area contributed by atoms with Crippen molar-refractivity contribution >= 4 is 10.9 Å². The molecule has 0 N–H and O–H groups in total. The van der Waals surface area contributed by atoms with E-state index < -0.39 is 18.4 Å². The summed E-state index contributed by atoms with van der Waals surface area (Å²) in [7, 11) is 0. The monoisotopic (exact) mass is 231 g/mol. The van der Waals surface area contributed by atoms with Crippen LogP contribution < -0.4 is 0 Å². The highest BCUT2D eigenvalue weighted by Crippen LogP contribution is 2.23. The molecular formula is C11H9F4N. The fourth-order valence-electron chi connectivity index (χ4n) is 1.60. The molecule has 0 fully saturated rings. The van der Waals surface area contributed by atoms with E-state index in [0.29, 0.717) is 5.52 Å². The van der Waals surface area contributed by atoms with Crippen molar-refractivity contribution in [2.45, 2.75) is 19.1 Å². The van der Waals surface area contributed by atoms with Crippen LogP contribution in [0.3, 0.4) is 0 Å². The van der Waals surface area contributed by atoms with E-state index in [4.69, 9.17) is 0 Å². The number of rotatable bonds is 2. The third-order valence-corrected chi connectivity index (χ3v) is 2.37. The highest BCUT2D eigenvalue weighted by atomic mass is 19.4. The van der Waals surface area contributed by atoms with Crippen molar-refractivity contribution in [1.29, 1.82) is 0 Å². The van der Waals surface area contributed by atoms with Crippen molar-refractivity contribution in [1.82, 2.24) is 4.57 Å². The van der Waals surface area contributed by atoms with Crippen LogP contribution in [0.2, 0.25) is 0 Å². The predicted molar refractivity (Wildman–Crippen MR) is 52.6 cm³/mol. The first kappa shape index (κ1) is 11.0. The number of aryl methyl sites for hydroxylation is 1. The summed E-state index contributed by atoms with van der Waals surface area (Å²) >= 11 is 0. The molecule has 2 aromatic rings. The fourth-order valence-corrected chi connectivity index (χ4v) is 1.60. The van der Waals surface area contributed by atoms with Crippen molar-refractivity contribution in [3.05, 3.63) is 36.3 Å². The van der Waals surface area contributed by atoms with Crippen molar-refractivity contribution < 1.29 is 17.6 Å². The predicted octanol–water partition coefficient (Wildman–Crippen LogP) is 3.73. The molecule has 1 heterocycles. The lowest BCUT2D eigenvalue weighted by Crippen LogP contribution is -2.11. The van der Waals surface area contributed by atoms with E-state index in [-0.39, 0.29) is 6.54 Å². The lowest BCUT2D eigenvalue weighted by Gasteiger charge is -2.08. The molecule has 86 valence electrons. The van der Waals surface area contributed by atoms with Gasteiger partial charge in [-0.05, 0) is 29.7 Å². The molecule has 16 heavy (non-hydrogen) atoms. The normalized spacial score (nSPS) is 12.2. The van der Waals surface area contributed by atoms with Crippen molar-refractivity contribution in [2.24, 2.45) is 0 Å². The summed E-state index contributed by atoms with van der Waals surface area (Å²) in [4.78, 5) is 0. The van der Waals surface area contributed by atoms with E-state index in [1.807, 2.05) is 0 Å². The van der Waals surface area contributed by atoms with Gasteiger partial charge in [-0.1, -0.05) is 0 Å². The van der Waals surface area contributed by atoms with E-state index in [2.05, 4.69) is 0 Å². The molecule has 0 aliphatic carbocycles. The van der Waals surface area contributed by atoms with Gasteiger partial charge >= 0.3 is 6.18 Å². The Morgan fingerprint density at radius 1 is 1.12 bits per heavy atom. The molecule has 0 bridgehead atoms. The summed E-state index contributed by atoms with van der Waals surface area (Å²) in [5.74, 6) is -0.445.